The highest BCUT2D eigenvalue weighted by Gasteiger charge is 2.42. The van der Waals surface area contributed by atoms with E-state index in [1.807, 2.05) is 18.2 Å². The van der Waals surface area contributed by atoms with Crippen LogP contribution < -0.4 is 16.3 Å². The molecule has 1 heterocycles. The molecule has 2 aromatic rings. The first-order valence-corrected chi connectivity index (χ1v) is 6.25. The fraction of sp³-hybridized carbons (Fsp3) is 0.462. The molecule has 18 heavy (non-hydrogen) atoms. The van der Waals surface area contributed by atoms with Crippen molar-refractivity contribution in [2.24, 2.45) is 11.1 Å². The molecule has 0 amide bonds. The zero-order valence-corrected chi connectivity index (χ0v) is 10.5. The van der Waals surface area contributed by atoms with E-state index in [1.165, 1.54) is 12.8 Å². The van der Waals surface area contributed by atoms with E-state index in [0.717, 1.165) is 29.8 Å². The molecule has 0 aliphatic heterocycles. The number of nitrogens with zero attached hydrogens (tertiary/aromatic N) is 1. The fourth-order valence-electron chi connectivity index (χ4n) is 2.46. The number of imidazole rings is 1. The second kappa shape index (κ2) is 3.88. The number of H-pyrrole nitrogens is 2. The van der Waals surface area contributed by atoms with Gasteiger partial charge in [0, 0.05) is 24.7 Å². The molecule has 3 rings (SSSR count). The second-order valence-electron chi connectivity index (χ2n) is 5.37. The number of anilines is 1. The van der Waals surface area contributed by atoms with Crippen molar-refractivity contribution >= 4 is 16.7 Å². The quantitative estimate of drug-likeness (QED) is 0.754. The molecular weight excluding hydrogens is 228 g/mol. The van der Waals surface area contributed by atoms with Gasteiger partial charge in [0.15, 0.2) is 0 Å². The average Bonchev–Trinajstić information content (AvgIpc) is 3.01. The van der Waals surface area contributed by atoms with Crippen molar-refractivity contribution in [1.82, 2.24) is 9.97 Å². The summed E-state index contributed by atoms with van der Waals surface area (Å²) in [6.45, 7) is 1.73. The van der Waals surface area contributed by atoms with E-state index in [2.05, 4.69) is 21.9 Å². The summed E-state index contributed by atoms with van der Waals surface area (Å²) in [5.74, 6) is 0. The lowest BCUT2D eigenvalue weighted by molar-refractivity contribution is 0.523. The molecule has 0 radical (unpaired) electrons. The molecule has 1 fully saturated rings. The van der Waals surface area contributed by atoms with Gasteiger partial charge in [-0.05, 0) is 37.6 Å². The third kappa shape index (κ3) is 1.90. The fourth-order valence-corrected chi connectivity index (χ4v) is 2.46. The van der Waals surface area contributed by atoms with Gasteiger partial charge in [0.25, 0.3) is 0 Å². The Labute approximate surface area is 105 Å². The standard InChI is InChI=1S/C13H18N4O/c1-17(8-13(7-14)4-5-13)9-2-3-10-11(6-9)16-12(18)15-10/h2-3,6H,4-5,7-8,14H2,1H3,(H2,15,16,18). The number of fused-ring (bicyclic) bond motifs is 1. The summed E-state index contributed by atoms with van der Waals surface area (Å²) in [5, 5.41) is 0. The Morgan fingerprint density at radius 3 is 2.72 bits per heavy atom. The largest absolute Gasteiger partial charge is 0.374 e. The Morgan fingerprint density at radius 2 is 2.06 bits per heavy atom. The molecule has 1 aromatic heterocycles. The minimum absolute atomic E-state index is 0.162. The molecule has 0 bridgehead atoms. The van der Waals surface area contributed by atoms with Crippen LogP contribution in [0.25, 0.3) is 11.0 Å². The van der Waals surface area contributed by atoms with Crippen LogP contribution in [-0.4, -0.2) is 30.1 Å². The molecule has 96 valence electrons. The Kier molecular flexibility index (Phi) is 2.45. The monoisotopic (exact) mass is 246 g/mol. The van der Waals surface area contributed by atoms with Crippen molar-refractivity contribution in [2.45, 2.75) is 12.8 Å². The maximum absolute atomic E-state index is 11.2. The highest BCUT2D eigenvalue weighted by Crippen LogP contribution is 2.45. The first-order chi connectivity index (χ1) is 8.62. The summed E-state index contributed by atoms with van der Waals surface area (Å²) in [6, 6.07) is 5.96. The highest BCUT2D eigenvalue weighted by molar-refractivity contribution is 5.78. The van der Waals surface area contributed by atoms with E-state index < -0.39 is 0 Å². The zero-order chi connectivity index (χ0) is 12.8. The lowest BCUT2D eigenvalue weighted by atomic mass is 10.1. The predicted molar refractivity (Wildman–Crippen MR) is 72.9 cm³/mol. The number of nitrogens with two attached hydrogens (primary N) is 1. The second-order valence-corrected chi connectivity index (χ2v) is 5.37. The van der Waals surface area contributed by atoms with Gasteiger partial charge in [0.1, 0.15) is 0 Å². The summed E-state index contributed by atoms with van der Waals surface area (Å²) >= 11 is 0. The van der Waals surface area contributed by atoms with Crippen LogP contribution in [0.2, 0.25) is 0 Å². The topological polar surface area (TPSA) is 77.9 Å². The van der Waals surface area contributed by atoms with Gasteiger partial charge in [-0.15, -0.1) is 0 Å². The van der Waals surface area contributed by atoms with Crippen LogP contribution in [0.3, 0.4) is 0 Å². The first kappa shape index (κ1) is 11.3. The van der Waals surface area contributed by atoms with Crippen LogP contribution >= 0.6 is 0 Å². The maximum Gasteiger partial charge on any atom is 0.323 e. The molecular formula is C13H18N4O. The van der Waals surface area contributed by atoms with Gasteiger partial charge in [-0.3, -0.25) is 0 Å². The molecule has 5 nitrogen and oxygen atoms in total. The van der Waals surface area contributed by atoms with Crippen LogP contribution in [0.4, 0.5) is 5.69 Å². The maximum atomic E-state index is 11.2. The van der Waals surface area contributed by atoms with Crippen molar-refractivity contribution in [1.29, 1.82) is 0 Å². The number of aromatic amines is 2. The highest BCUT2D eigenvalue weighted by atomic mass is 16.1. The lowest BCUT2D eigenvalue weighted by Gasteiger charge is -2.24. The molecule has 0 saturated heterocycles. The number of aromatic nitrogens is 2. The summed E-state index contributed by atoms with van der Waals surface area (Å²) in [5.41, 5.74) is 8.77. The zero-order valence-electron chi connectivity index (χ0n) is 10.5. The van der Waals surface area contributed by atoms with Gasteiger partial charge in [-0.25, -0.2) is 4.79 Å². The van der Waals surface area contributed by atoms with E-state index in [-0.39, 0.29) is 5.69 Å². The van der Waals surface area contributed by atoms with Crippen LogP contribution in [-0.2, 0) is 0 Å². The van der Waals surface area contributed by atoms with E-state index >= 15 is 0 Å². The summed E-state index contributed by atoms with van der Waals surface area (Å²) in [4.78, 5) is 19.0. The molecule has 1 aromatic carbocycles. The van der Waals surface area contributed by atoms with Crippen LogP contribution in [0, 0.1) is 5.41 Å². The lowest BCUT2D eigenvalue weighted by Crippen LogP contribution is -2.31. The predicted octanol–water partition coefficient (Wildman–Crippen LogP) is 1.03. The van der Waals surface area contributed by atoms with Gasteiger partial charge in [0.2, 0.25) is 0 Å². The molecule has 5 heteroatoms. The third-order valence-corrected chi connectivity index (χ3v) is 3.90. The van der Waals surface area contributed by atoms with E-state index in [0.29, 0.717) is 5.41 Å². The minimum atomic E-state index is -0.162. The van der Waals surface area contributed by atoms with E-state index in [9.17, 15) is 4.79 Å². The normalized spacial score (nSPS) is 17.0. The van der Waals surface area contributed by atoms with Crippen molar-refractivity contribution in [3.05, 3.63) is 28.7 Å². The number of hydrogen-bond acceptors (Lipinski definition) is 3. The summed E-state index contributed by atoms with van der Waals surface area (Å²) < 4.78 is 0. The third-order valence-electron chi connectivity index (χ3n) is 3.90. The van der Waals surface area contributed by atoms with Crippen molar-refractivity contribution < 1.29 is 0 Å². The molecule has 0 unspecified atom stereocenters. The molecule has 0 spiro atoms. The van der Waals surface area contributed by atoms with E-state index in [1.54, 1.807) is 0 Å². The van der Waals surface area contributed by atoms with Crippen molar-refractivity contribution in [3.8, 4) is 0 Å². The molecule has 4 N–H and O–H groups in total. The van der Waals surface area contributed by atoms with Gasteiger partial charge < -0.3 is 20.6 Å². The molecule has 1 saturated carbocycles. The van der Waals surface area contributed by atoms with Gasteiger partial charge >= 0.3 is 5.69 Å². The van der Waals surface area contributed by atoms with Crippen molar-refractivity contribution in [3.63, 3.8) is 0 Å². The summed E-state index contributed by atoms with van der Waals surface area (Å²) in [7, 11) is 2.07. The number of rotatable bonds is 4. The Hall–Kier alpha value is -1.75. The average molecular weight is 246 g/mol. The number of nitrogens with one attached hydrogen (secondary N) is 2. The van der Waals surface area contributed by atoms with Gasteiger partial charge in [-0.2, -0.15) is 0 Å². The number of benzene rings is 1. The molecule has 0 atom stereocenters. The Morgan fingerprint density at radius 1 is 1.33 bits per heavy atom. The molecule has 1 aliphatic rings. The number of hydrogen-bond donors (Lipinski definition) is 3. The smallest absolute Gasteiger partial charge is 0.323 e. The van der Waals surface area contributed by atoms with Crippen molar-refractivity contribution in [2.75, 3.05) is 25.0 Å². The van der Waals surface area contributed by atoms with Crippen LogP contribution in [0.1, 0.15) is 12.8 Å². The minimum Gasteiger partial charge on any atom is -0.374 e. The first-order valence-electron chi connectivity index (χ1n) is 6.25. The van der Waals surface area contributed by atoms with Crippen LogP contribution in [0.5, 0.6) is 0 Å². The van der Waals surface area contributed by atoms with E-state index in [4.69, 9.17) is 5.73 Å². The Bertz CT molecular complexity index is 623. The van der Waals surface area contributed by atoms with Gasteiger partial charge in [0.05, 0.1) is 11.0 Å². The Balaban J connectivity index is 1.86. The SMILES string of the molecule is CN(CC1(CN)CC1)c1ccc2[nH]c(=O)[nH]c2c1. The molecule has 1 aliphatic carbocycles. The van der Waals surface area contributed by atoms with Crippen LogP contribution in [0.15, 0.2) is 23.0 Å². The summed E-state index contributed by atoms with van der Waals surface area (Å²) in [6.07, 6.45) is 2.44. The van der Waals surface area contributed by atoms with Gasteiger partial charge in [-0.1, -0.05) is 0 Å².